The molecule has 3 aromatic rings. The molecule has 190 valence electrons. The Morgan fingerprint density at radius 3 is 2.44 bits per heavy atom. The van der Waals surface area contributed by atoms with Crippen molar-refractivity contribution in [3.05, 3.63) is 59.4 Å². The Bertz CT molecular complexity index is 1200. The van der Waals surface area contributed by atoms with Crippen LogP contribution in [0.25, 0.3) is 5.69 Å². The quantitative estimate of drug-likeness (QED) is 0.373. The van der Waals surface area contributed by atoms with Crippen LogP contribution in [0.1, 0.15) is 52.7 Å². The average Bonchev–Trinajstić information content (AvgIpc) is 3.61. The number of hydrogen-bond donors (Lipinski definition) is 2. The summed E-state index contributed by atoms with van der Waals surface area (Å²) < 4.78 is 18.1. The van der Waals surface area contributed by atoms with E-state index < -0.39 is 0 Å². The highest BCUT2D eigenvalue weighted by atomic mass is 16.5. The lowest BCUT2D eigenvalue weighted by Crippen LogP contribution is -2.27. The molecule has 1 saturated carbocycles. The fourth-order valence-corrected chi connectivity index (χ4v) is 3.74. The number of benzene rings is 2. The van der Waals surface area contributed by atoms with Crippen LogP contribution in [0.5, 0.6) is 17.2 Å². The van der Waals surface area contributed by atoms with Gasteiger partial charge in [-0.2, -0.15) is 0 Å². The van der Waals surface area contributed by atoms with Crippen molar-refractivity contribution in [3.63, 3.8) is 0 Å². The van der Waals surface area contributed by atoms with Gasteiger partial charge in [-0.3, -0.25) is 9.59 Å². The van der Waals surface area contributed by atoms with Gasteiger partial charge >= 0.3 is 0 Å². The molecule has 36 heavy (non-hydrogen) atoms. The number of ether oxygens (including phenoxy) is 3. The maximum Gasteiger partial charge on any atom is 0.273 e. The molecular weight excluding hydrogens is 462 g/mol. The molecule has 0 saturated heterocycles. The lowest BCUT2D eigenvalue weighted by atomic mass is 10.1. The Kier molecular flexibility index (Phi) is 8.04. The normalized spacial score (nSPS) is 12.6. The Balaban J connectivity index is 1.48. The zero-order valence-corrected chi connectivity index (χ0v) is 20.7. The highest BCUT2D eigenvalue weighted by Crippen LogP contribution is 2.31. The van der Waals surface area contributed by atoms with Gasteiger partial charge in [0.2, 0.25) is 0 Å². The summed E-state index contributed by atoms with van der Waals surface area (Å²) in [5.41, 5.74) is 2.27. The fourth-order valence-electron chi connectivity index (χ4n) is 3.74. The molecule has 10 heteroatoms. The molecule has 1 fully saturated rings. The third-order valence-electron chi connectivity index (χ3n) is 5.78. The zero-order valence-electron chi connectivity index (χ0n) is 20.7. The molecule has 1 aromatic heterocycles. The van der Waals surface area contributed by atoms with Gasteiger partial charge in [0.25, 0.3) is 11.8 Å². The number of carbonyl (C=O) groups excluding carboxylic acids is 2. The first-order valence-electron chi connectivity index (χ1n) is 12.0. The summed E-state index contributed by atoms with van der Waals surface area (Å²) in [6, 6.07) is 12.6. The number of amides is 2. The SMILES string of the molecule is CCNC(=O)c1ccc(-n2nnc(C(=O)NC3CC3)c2CCCOc2ccc(OC)c(OC)c2)cc1. The van der Waals surface area contributed by atoms with Gasteiger partial charge in [-0.05, 0) is 69.0 Å². The number of hydrogen-bond acceptors (Lipinski definition) is 7. The van der Waals surface area contributed by atoms with E-state index in [4.69, 9.17) is 14.2 Å². The molecule has 1 aliphatic rings. The molecule has 0 bridgehead atoms. The molecule has 10 nitrogen and oxygen atoms in total. The van der Waals surface area contributed by atoms with Crippen LogP contribution < -0.4 is 24.8 Å². The molecule has 1 aliphatic carbocycles. The van der Waals surface area contributed by atoms with E-state index in [0.29, 0.717) is 60.2 Å². The summed E-state index contributed by atoms with van der Waals surface area (Å²) in [5.74, 6) is 1.52. The van der Waals surface area contributed by atoms with E-state index in [1.807, 2.05) is 13.0 Å². The lowest BCUT2D eigenvalue weighted by molar-refractivity contribution is 0.0940. The van der Waals surface area contributed by atoms with E-state index in [0.717, 1.165) is 18.5 Å². The largest absolute Gasteiger partial charge is 0.493 e. The van der Waals surface area contributed by atoms with Crippen molar-refractivity contribution in [1.29, 1.82) is 0 Å². The van der Waals surface area contributed by atoms with Gasteiger partial charge in [0.05, 0.1) is 32.2 Å². The van der Waals surface area contributed by atoms with Crippen LogP contribution in [-0.2, 0) is 6.42 Å². The van der Waals surface area contributed by atoms with Gasteiger partial charge < -0.3 is 24.8 Å². The molecule has 4 rings (SSSR count). The standard InChI is InChI=1S/C26H31N5O5/c1-4-27-25(32)17-7-11-19(12-8-17)31-21(24(29-30-31)26(33)28-18-9-10-18)6-5-15-36-20-13-14-22(34-2)23(16-20)35-3/h7-8,11-14,16,18H,4-6,9-10,15H2,1-3H3,(H,27,32)(H,28,33). The smallest absolute Gasteiger partial charge is 0.273 e. The van der Waals surface area contributed by atoms with Crippen LogP contribution in [0, 0.1) is 0 Å². The average molecular weight is 494 g/mol. The molecule has 0 unspecified atom stereocenters. The van der Waals surface area contributed by atoms with Gasteiger partial charge in [0.15, 0.2) is 17.2 Å². The highest BCUT2D eigenvalue weighted by molar-refractivity contribution is 5.94. The number of nitrogens with zero attached hydrogens (tertiary/aromatic N) is 3. The third kappa shape index (κ3) is 5.94. The van der Waals surface area contributed by atoms with Crippen molar-refractivity contribution < 1.29 is 23.8 Å². The fraction of sp³-hybridized carbons (Fsp3) is 0.385. The number of rotatable bonds is 12. The molecule has 0 atom stereocenters. The minimum Gasteiger partial charge on any atom is -0.493 e. The van der Waals surface area contributed by atoms with Crippen LogP contribution in [-0.4, -0.2) is 60.2 Å². The minimum absolute atomic E-state index is 0.139. The van der Waals surface area contributed by atoms with Gasteiger partial charge in [-0.1, -0.05) is 5.21 Å². The number of methoxy groups -OCH3 is 2. The molecule has 2 amide bonds. The second-order valence-corrected chi connectivity index (χ2v) is 8.42. The van der Waals surface area contributed by atoms with Gasteiger partial charge in [-0.25, -0.2) is 4.68 Å². The third-order valence-corrected chi connectivity index (χ3v) is 5.78. The summed E-state index contributed by atoms with van der Waals surface area (Å²) >= 11 is 0. The molecule has 0 aliphatic heterocycles. The zero-order chi connectivity index (χ0) is 25.5. The van der Waals surface area contributed by atoms with Crippen molar-refractivity contribution in [2.75, 3.05) is 27.4 Å². The lowest BCUT2D eigenvalue weighted by Gasteiger charge is -2.12. The maximum absolute atomic E-state index is 12.8. The maximum atomic E-state index is 12.8. The van der Waals surface area contributed by atoms with E-state index in [-0.39, 0.29) is 17.9 Å². The monoisotopic (exact) mass is 493 g/mol. The summed E-state index contributed by atoms with van der Waals surface area (Å²) in [4.78, 5) is 24.9. The number of aromatic nitrogens is 3. The second kappa shape index (κ2) is 11.6. The first-order chi connectivity index (χ1) is 17.5. The van der Waals surface area contributed by atoms with E-state index in [1.54, 1.807) is 55.3 Å². The number of carbonyl (C=O) groups is 2. The molecule has 0 spiro atoms. The van der Waals surface area contributed by atoms with Crippen molar-refractivity contribution in [2.45, 2.75) is 38.6 Å². The molecule has 2 N–H and O–H groups in total. The van der Waals surface area contributed by atoms with Gasteiger partial charge in [0, 0.05) is 24.2 Å². The van der Waals surface area contributed by atoms with E-state index in [1.165, 1.54) is 0 Å². The predicted octanol–water partition coefficient (Wildman–Crippen LogP) is 2.94. The van der Waals surface area contributed by atoms with Crippen molar-refractivity contribution in [1.82, 2.24) is 25.6 Å². The second-order valence-electron chi connectivity index (χ2n) is 8.42. The molecule has 2 aromatic carbocycles. The Morgan fingerprint density at radius 1 is 1.03 bits per heavy atom. The summed E-state index contributed by atoms with van der Waals surface area (Å²) in [7, 11) is 3.16. The molecule has 1 heterocycles. The molecule has 0 radical (unpaired) electrons. The van der Waals surface area contributed by atoms with Gasteiger partial charge in [-0.15, -0.1) is 5.10 Å². The van der Waals surface area contributed by atoms with Crippen LogP contribution >= 0.6 is 0 Å². The summed E-state index contributed by atoms with van der Waals surface area (Å²) in [6.07, 6.45) is 3.11. The first-order valence-corrected chi connectivity index (χ1v) is 12.0. The van der Waals surface area contributed by atoms with Crippen LogP contribution in [0.2, 0.25) is 0 Å². The van der Waals surface area contributed by atoms with Crippen LogP contribution in [0.15, 0.2) is 42.5 Å². The van der Waals surface area contributed by atoms with E-state index in [2.05, 4.69) is 20.9 Å². The predicted molar refractivity (Wildman–Crippen MR) is 133 cm³/mol. The Morgan fingerprint density at radius 2 is 1.78 bits per heavy atom. The van der Waals surface area contributed by atoms with E-state index in [9.17, 15) is 9.59 Å². The Hall–Kier alpha value is -4.08. The Labute approximate surface area is 209 Å². The van der Waals surface area contributed by atoms with Gasteiger partial charge in [0.1, 0.15) is 5.75 Å². The topological polar surface area (TPSA) is 117 Å². The summed E-state index contributed by atoms with van der Waals surface area (Å²) in [5, 5.41) is 14.2. The van der Waals surface area contributed by atoms with Crippen LogP contribution in [0.3, 0.4) is 0 Å². The van der Waals surface area contributed by atoms with Crippen molar-refractivity contribution in [2.24, 2.45) is 0 Å². The van der Waals surface area contributed by atoms with Crippen molar-refractivity contribution in [3.8, 4) is 22.9 Å². The first kappa shape index (κ1) is 25.0. The van der Waals surface area contributed by atoms with Crippen LogP contribution in [0.4, 0.5) is 0 Å². The van der Waals surface area contributed by atoms with Crippen molar-refractivity contribution >= 4 is 11.8 Å². The molecular formula is C26H31N5O5. The highest BCUT2D eigenvalue weighted by Gasteiger charge is 2.27. The minimum atomic E-state index is -0.224. The number of nitrogens with one attached hydrogen (secondary N) is 2. The van der Waals surface area contributed by atoms with E-state index >= 15 is 0 Å². The summed E-state index contributed by atoms with van der Waals surface area (Å²) in [6.45, 7) is 2.84.